The smallest absolute Gasteiger partial charge is 0.335 e. The molecule has 0 spiro atoms. The van der Waals surface area contributed by atoms with Crippen molar-refractivity contribution in [2.24, 2.45) is 0 Å². The van der Waals surface area contributed by atoms with Crippen LogP contribution in [0.2, 0.25) is 0 Å². The topological polar surface area (TPSA) is 175 Å². The van der Waals surface area contributed by atoms with Crippen molar-refractivity contribution in [3.05, 3.63) is 60.8 Å². The van der Waals surface area contributed by atoms with E-state index in [0.717, 1.165) is 103 Å². The van der Waals surface area contributed by atoms with Crippen LogP contribution in [0.5, 0.6) is 0 Å². The van der Waals surface area contributed by atoms with E-state index in [1.807, 2.05) is 0 Å². The van der Waals surface area contributed by atoms with Gasteiger partial charge in [-0.3, -0.25) is 14.4 Å². The summed E-state index contributed by atoms with van der Waals surface area (Å²) >= 11 is 0. The number of carbonyl (C=O) groups is 4. The minimum absolute atomic E-state index is 0.0539. The number of aliphatic hydroxyl groups excluding tert-OH is 2. The van der Waals surface area contributed by atoms with Gasteiger partial charge in [-0.2, -0.15) is 0 Å². The van der Waals surface area contributed by atoms with Crippen LogP contribution in [0.4, 0.5) is 0 Å². The van der Waals surface area contributed by atoms with Gasteiger partial charge in [0.25, 0.3) is 0 Å². The third kappa shape index (κ3) is 41.2. The summed E-state index contributed by atoms with van der Waals surface area (Å²) in [5.41, 5.74) is 0. The highest BCUT2D eigenvalue weighted by molar-refractivity contribution is 5.74. The second-order valence-electron chi connectivity index (χ2n) is 20.6. The molecule has 1 fully saturated rings. The van der Waals surface area contributed by atoms with Gasteiger partial charge in [-0.15, -0.1) is 0 Å². The van der Waals surface area contributed by atoms with Crippen LogP contribution in [0.3, 0.4) is 0 Å². The maximum absolute atomic E-state index is 13.1. The summed E-state index contributed by atoms with van der Waals surface area (Å²) in [6.07, 6.45) is 50.4. The van der Waals surface area contributed by atoms with Crippen LogP contribution in [0.1, 0.15) is 265 Å². The summed E-state index contributed by atoms with van der Waals surface area (Å²) in [5, 5.41) is 31.5. The molecular formula is C63H108O12. The summed E-state index contributed by atoms with van der Waals surface area (Å²) in [6, 6.07) is 0. The van der Waals surface area contributed by atoms with Gasteiger partial charge in [0, 0.05) is 19.3 Å². The van der Waals surface area contributed by atoms with Gasteiger partial charge in [0.05, 0.1) is 6.61 Å². The summed E-state index contributed by atoms with van der Waals surface area (Å²) in [7, 11) is 0. The molecule has 6 unspecified atom stereocenters. The quantitative estimate of drug-likeness (QED) is 0.0228. The van der Waals surface area contributed by atoms with Crippen molar-refractivity contribution in [3.63, 3.8) is 0 Å². The zero-order chi connectivity index (χ0) is 54.7. The van der Waals surface area contributed by atoms with Crippen molar-refractivity contribution >= 4 is 23.9 Å². The lowest BCUT2D eigenvalue weighted by Gasteiger charge is -2.40. The molecule has 1 aliphatic heterocycles. The molecule has 0 aromatic heterocycles. The van der Waals surface area contributed by atoms with Crippen molar-refractivity contribution in [2.45, 2.75) is 302 Å². The summed E-state index contributed by atoms with van der Waals surface area (Å²) < 4.78 is 28.4. The highest BCUT2D eigenvalue weighted by Gasteiger charge is 2.50. The number of carboxylic acids is 1. The maximum Gasteiger partial charge on any atom is 0.335 e. The van der Waals surface area contributed by atoms with Gasteiger partial charge < -0.3 is 39.0 Å². The first-order valence-electron chi connectivity index (χ1n) is 30.3. The largest absolute Gasteiger partial charge is 0.479 e. The van der Waals surface area contributed by atoms with E-state index in [0.29, 0.717) is 19.3 Å². The van der Waals surface area contributed by atoms with E-state index in [-0.39, 0.29) is 25.9 Å². The maximum atomic E-state index is 13.1. The molecule has 1 aliphatic rings. The number of carbonyl (C=O) groups excluding carboxylic acids is 3. The molecule has 0 aromatic rings. The van der Waals surface area contributed by atoms with Crippen LogP contribution in [0.25, 0.3) is 0 Å². The summed E-state index contributed by atoms with van der Waals surface area (Å²) in [6.45, 7) is 5.86. The molecule has 75 heavy (non-hydrogen) atoms. The van der Waals surface area contributed by atoms with Gasteiger partial charge in [-0.05, 0) is 83.5 Å². The number of hydrogen-bond donors (Lipinski definition) is 3. The average molecular weight is 1060 g/mol. The molecule has 0 aliphatic carbocycles. The fourth-order valence-corrected chi connectivity index (χ4v) is 8.94. The average Bonchev–Trinajstić information content (AvgIpc) is 3.39. The molecule has 3 N–H and O–H groups in total. The van der Waals surface area contributed by atoms with Crippen molar-refractivity contribution in [3.8, 4) is 0 Å². The van der Waals surface area contributed by atoms with Gasteiger partial charge in [0.2, 0.25) is 0 Å². The first kappa shape index (κ1) is 69.4. The number of ether oxygens (including phenoxy) is 5. The number of esters is 3. The molecule has 1 heterocycles. The second-order valence-corrected chi connectivity index (χ2v) is 20.6. The zero-order valence-electron chi connectivity index (χ0n) is 47.5. The normalized spacial score (nSPS) is 18.5. The minimum atomic E-state index is -1.91. The van der Waals surface area contributed by atoms with Crippen molar-refractivity contribution in [1.29, 1.82) is 0 Å². The molecule has 12 heteroatoms. The van der Waals surface area contributed by atoms with Crippen LogP contribution in [0, 0.1) is 0 Å². The fraction of sp³-hybridized carbons (Fsp3) is 0.778. The Bertz CT molecular complexity index is 1540. The van der Waals surface area contributed by atoms with E-state index in [1.54, 1.807) is 0 Å². The molecule has 1 saturated heterocycles. The van der Waals surface area contributed by atoms with Crippen molar-refractivity contribution in [2.75, 3.05) is 13.2 Å². The highest BCUT2D eigenvalue weighted by atomic mass is 16.7. The summed E-state index contributed by atoms with van der Waals surface area (Å²) in [4.78, 5) is 51.1. The standard InChI is InChI=1S/C63H108O12/c1-4-7-10-13-16-19-22-24-26-28-30-32-35-37-40-43-46-49-55(64)71-52-54(73-56(65)50-47-44-41-38-34-21-18-15-12-9-6-3)53-72-63-61(59(68)58(67)60(75-63)62(69)70)74-57(66)51-48-45-42-39-36-33-31-29-27-25-23-20-17-14-11-8-5-2/h7,10,16,19,24-27,30,32,54,58-61,63,67-68H,4-6,8-9,11-15,17-18,20-23,28-29,31,33-53H2,1-3H3,(H,69,70)/b10-7-,19-16-,26-24-,27-25-,32-30-. The van der Waals surface area contributed by atoms with Gasteiger partial charge in [-0.25, -0.2) is 4.79 Å². The lowest BCUT2D eigenvalue weighted by molar-refractivity contribution is -0.301. The third-order valence-corrected chi connectivity index (χ3v) is 13.6. The van der Waals surface area contributed by atoms with E-state index in [4.69, 9.17) is 23.7 Å². The van der Waals surface area contributed by atoms with Crippen molar-refractivity contribution < 1.29 is 58.2 Å². The van der Waals surface area contributed by atoms with E-state index >= 15 is 0 Å². The molecule has 0 saturated carbocycles. The van der Waals surface area contributed by atoms with E-state index < -0.39 is 67.3 Å². The molecule has 6 atom stereocenters. The highest BCUT2D eigenvalue weighted by Crippen LogP contribution is 2.26. The number of rotatable bonds is 51. The second kappa shape index (κ2) is 51.2. The van der Waals surface area contributed by atoms with E-state index in [2.05, 4.69) is 81.5 Å². The number of aliphatic hydroxyl groups is 2. The number of hydrogen-bond acceptors (Lipinski definition) is 11. The van der Waals surface area contributed by atoms with Gasteiger partial charge in [0.1, 0.15) is 18.8 Å². The number of aliphatic carboxylic acids is 1. The first-order chi connectivity index (χ1) is 36.6. The lowest BCUT2D eigenvalue weighted by Crippen LogP contribution is -2.61. The number of allylic oxidation sites excluding steroid dienone is 10. The Morgan fingerprint density at radius 1 is 0.453 bits per heavy atom. The molecule has 0 aromatic carbocycles. The SMILES string of the molecule is CC/C=C\C/C=C\C/C=C\C/C=C\CCCCCCC(=O)OCC(COC1OC(C(=O)O)C(O)C(O)C1OC(=O)CCCCCCCCC/C=C\CCCCCCCC)OC(=O)CCCCCCCCCCCCC. The Kier molecular flexibility index (Phi) is 47.4. The summed E-state index contributed by atoms with van der Waals surface area (Å²) in [5.74, 6) is -3.14. The Balaban J connectivity index is 2.67. The van der Waals surface area contributed by atoms with Crippen molar-refractivity contribution in [1.82, 2.24) is 0 Å². The van der Waals surface area contributed by atoms with Gasteiger partial charge >= 0.3 is 23.9 Å². The molecule has 0 amide bonds. The fourth-order valence-electron chi connectivity index (χ4n) is 8.94. The molecule has 432 valence electrons. The Labute approximate surface area is 456 Å². The van der Waals surface area contributed by atoms with Crippen LogP contribution in [-0.2, 0) is 42.9 Å². The first-order valence-corrected chi connectivity index (χ1v) is 30.3. The molecule has 12 nitrogen and oxygen atoms in total. The minimum Gasteiger partial charge on any atom is -0.479 e. The number of carboxylic acid groups (broad SMARTS) is 1. The van der Waals surface area contributed by atoms with E-state index in [9.17, 15) is 34.5 Å². The van der Waals surface area contributed by atoms with Crippen LogP contribution >= 0.6 is 0 Å². The Morgan fingerprint density at radius 2 is 0.840 bits per heavy atom. The predicted octanol–water partition coefficient (Wildman–Crippen LogP) is 15.6. The lowest BCUT2D eigenvalue weighted by atomic mass is 9.98. The third-order valence-electron chi connectivity index (χ3n) is 13.6. The number of unbranched alkanes of at least 4 members (excludes halogenated alkanes) is 27. The molecule has 0 radical (unpaired) electrons. The van der Waals surface area contributed by atoms with Crippen LogP contribution < -0.4 is 0 Å². The van der Waals surface area contributed by atoms with Gasteiger partial charge in [0.15, 0.2) is 24.6 Å². The monoisotopic (exact) mass is 1060 g/mol. The molecule has 0 bridgehead atoms. The van der Waals surface area contributed by atoms with Crippen LogP contribution in [-0.4, -0.2) is 89.2 Å². The predicted molar refractivity (Wildman–Crippen MR) is 303 cm³/mol. The zero-order valence-corrected chi connectivity index (χ0v) is 47.5. The van der Waals surface area contributed by atoms with Gasteiger partial charge in [-0.1, -0.05) is 223 Å². The Hall–Kier alpha value is -3.58. The Morgan fingerprint density at radius 3 is 1.29 bits per heavy atom. The van der Waals surface area contributed by atoms with Crippen LogP contribution in [0.15, 0.2) is 60.8 Å². The van der Waals surface area contributed by atoms with E-state index in [1.165, 1.54) is 103 Å². The molecular weight excluding hydrogens is 949 g/mol. The molecule has 1 rings (SSSR count).